The Labute approximate surface area is 157 Å². The van der Waals surface area contributed by atoms with Crippen LogP contribution in [0.3, 0.4) is 0 Å². The number of carbonyl (C=O) groups excluding carboxylic acids is 1. The van der Waals surface area contributed by atoms with E-state index in [1.54, 1.807) is 12.1 Å². The molecule has 8 nitrogen and oxygen atoms in total. The van der Waals surface area contributed by atoms with Crippen molar-refractivity contribution in [3.63, 3.8) is 0 Å². The molecule has 1 aliphatic carbocycles. The molecule has 1 saturated carbocycles. The van der Waals surface area contributed by atoms with E-state index in [-0.39, 0.29) is 11.3 Å². The van der Waals surface area contributed by atoms with Crippen LogP contribution in [0.4, 0.5) is 11.4 Å². The first-order valence-corrected chi connectivity index (χ1v) is 9.52. The van der Waals surface area contributed by atoms with Crippen LogP contribution in [0.25, 0.3) is 0 Å². The van der Waals surface area contributed by atoms with Crippen LogP contribution in [0.1, 0.15) is 61.7 Å². The topological polar surface area (TPSA) is 113 Å². The fourth-order valence-electron chi connectivity index (χ4n) is 4.05. The molecule has 0 radical (unpaired) electrons. The SMILES string of the molecule is O=C(NC1(C(=O)O)CCCCCC1)c1ccc(N2CCCC2)c([N+](=O)[O-])c1. The highest BCUT2D eigenvalue weighted by Crippen LogP contribution is 2.32. The Morgan fingerprint density at radius 3 is 2.26 bits per heavy atom. The number of hydrogen-bond donors (Lipinski definition) is 2. The summed E-state index contributed by atoms with van der Waals surface area (Å²) in [6.45, 7) is 1.52. The lowest BCUT2D eigenvalue weighted by Crippen LogP contribution is -2.54. The number of amides is 1. The molecule has 146 valence electrons. The molecule has 1 aromatic rings. The highest BCUT2D eigenvalue weighted by molar-refractivity contribution is 5.99. The fraction of sp³-hybridized carbons (Fsp3) is 0.579. The smallest absolute Gasteiger partial charge is 0.329 e. The fourth-order valence-corrected chi connectivity index (χ4v) is 4.05. The molecule has 0 spiro atoms. The predicted octanol–water partition coefficient (Wildman–Crippen LogP) is 3.10. The van der Waals surface area contributed by atoms with E-state index in [1.165, 1.54) is 6.07 Å². The lowest BCUT2D eigenvalue weighted by Gasteiger charge is -2.29. The zero-order chi connectivity index (χ0) is 19.4. The second-order valence-electron chi connectivity index (χ2n) is 7.41. The van der Waals surface area contributed by atoms with Crippen LogP contribution in [0.15, 0.2) is 18.2 Å². The van der Waals surface area contributed by atoms with Gasteiger partial charge in [0, 0.05) is 24.7 Å². The number of aliphatic carboxylic acids is 1. The largest absolute Gasteiger partial charge is 0.480 e. The highest BCUT2D eigenvalue weighted by atomic mass is 16.6. The van der Waals surface area contributed by atoms with Crippen LogP contribution >= 0.6 is 0 Å². The molecule has 1 saturated heterocycles. The van der Waals surface area contributed by atoms with Gasteiger partial charge in [-0.25, -0.2) is 4.79 Å². The number of nitro groups is 1. The van der Waals surface area contributed by atoms with Gasteiger partial charge in [-0.05, 0) is 37.8 Å². The minimum absolute atomic E-state index is 0.116. The Bertz CT molecular complexity index is 735. The molecule has 1 heterocycles. The number of carboxylic acids is 1. The average Bonchev–Trinajstić information content (AvgIpc) is 3.07. The van der Waals surface area contributed by atoms with Crippen molar-refractivity contribution in [2.45, 2.75) is 56.9 Å². The quantitative estimate of drug-likeness (QED) is 0.464. The molecule has 0 atom stereocenters. The minimum atomic E-state index is -1.30. The number of benzene rings is 1. The summed E-state index contributed by atoms with van der Waals surface area (Å²) in [5.41, 5.74) is -0.781. The Hall–Kier alpha value is -2.64. The van der Waals surface area contributed by atoms with Gasteiger partial charge in [-0.1, -0.05) is 25.7 Å². The van der Waals surface area contributed by atoms with Crippen molar-refractivity contribution in [1.29, 1.82) is 0 Å². The van der Waals surface area contributed by atoms with Gasteiger partial charge in [0.15, 0.2) is 0 Å². The van der Waals surface area contributed by atoms with E-state index in [1.807, 2.05) is 4.90 Å². The highest BCUT2D eigenvalue weighted by Gasteiger charge is 2.40. The molecule has 1 amide bonds. The lowest BCUT2D eigenvalue weighted by molar-refractivity contribution is -0.384. The third-order valence-corrected chi connectivity index (χ3v) is 5.60. The molecular formula is C19H25N3O5. The Kier molecular flexibility index (Phi) is 5.62. The summed E-state index contributed by atoms with van der Waals surface area (Å²) in [5, 5.41) is 23.9. The van der Waals surface area contributed by atoms with E-state index in [0.717, 1.165) is 51.6 Å². The van der Waals surface area contributed by atoms with Crippen LogP contribution in [-0.4, -0.2) is 40.5 Å². The minimum Gasteiger partial charge on any atom is -0.480 e. The number of nitrogens with one attached hydrogen (secondary N) is 1. The number of carbonyl (C=O) groups is 2. The zero-order valence-electron chi connectivity index (χ0n) is 15.3. The van der Waals surface area contributed by atoms with Crippen LogP contribution in [0.5, 0.6) is 0 Å². The molecule has 8 heteroatoms. The Balaban J connectivity index is 1.86. The van der Waals surface area contributed by atoms with Gasteiger partial charge in [-0.15, -0.1) is 0 Å². The van der Waals surface area contributed by atoms with Crippen molar-refractivity contribution in [3.05, 3.63) is 33.9 Å². The van der Waals surface area contributed by atoms with Crippen LogP contribution < -0.4 is 10.2 Å². The normalized spacial score (nSPS) is 19.3. The van der Waals surface area contributed by atoms with Crippen molar-refractivity contribution in [2.24, 2.45) is 0 Å². The molecule has 0 aromatic heterocycles. The van der Waals surface area contributed by atoms with Crippen LogP contribution in [0.2, 0.25) is 0 Å². The predicted molar refractivity (Wildman–Crippen MR) is 100 cm³/mol. The summed E-state index contributed by atoms with van der Waals surface area (Å²) in [5.74, 6) is -1.61. The monoisotopic (exact) mass is 375 g/mol. The molecule has 2 aliphatic rings. The third-order valence-electron chi connectivity index (χ3n) is 5.60. The summed E-state index contributed by atoms with van der Waals surface area (Å²) in [6, 6.07) is 4.40. The second-order valence-corrected chi connectivity index (χ2v) is 7.41. The van der Waals surface area contributed by atoms with E-state index in [0.29, 0.717) is 18.5 Å². The van der Waals surface area contributed by atoms with E-state index in [9.17, 15) is 24.8 Å². The zero-order valence-corrected chi connectivity index (χ0v) is 15.3. The van der Waals surface area contributed by atoms with Gasteiger partial charge in [-0.2, -0.15) is 0 Å². The van der Waals surface area contributed by atoms with Crippen molar-refractivity contribution in [2.75, 3.05) is 18.0 Å². The summed E-state index contributed by atoms with van der Waals surface area (Å²) in [7, 11) is 0. The van der Waals surface area contributed by atoms with Gasteiger partial charge in [0.25, 0.3) is 11.6 Å². The molecule has 0 unspecified atom stereocenters. The van der Waals surface area contributed by atoms with E-state index in [2.05, 4.69) is 5.32 Å². The van der Waals surface area contributed by atoms with Gasteiger partial charge in [0.1, 0.15) is 11.2 Å². The van der Waals surface area contributed by atoms with Gasteiger partial charge in [0.05, 0.1) is 4.92 Å². The van der Waals surface area contributed by atoms with E-state index in [4.69, 9.17) is 0 Å². The molecule has 2 fully saturated rings. The van der Waals surface area contributed by atoms with Crippen LogP contribution in [0, 0.1) is 10.1 Å². The first-order valence-electron chi connectivity index (χ1n) is 9.52. The third kappa shape index (κ3) is 4.04. The first kappa shape index (κ1) is 19.1. The standard InChI is InChI=1S/C19H25N3O5/c23-17(20-19(18(24)25)9-3-1-2-4-10-19)14-7-8-15(16(13-14)22(26)27)21-11-5-6-12-21/h7-8,13H,1-6,9-12H2,(H,20,23)(H,24,25). The van der Waals surface area contributed by atoms with Crippen molar-refractivity contribution in [3.8, 4) is 0 Å². The van der Waals surface area contributed by atoms with Gasteiger partial charge >= 0.3 is 5.97 Å². The first-order chi connectivity index (χ1) is 12.9. The summed E-state index contributed by atoms with van der Waals surface area (Å²) in [4.78, 5) is 37.6. The molecule has 2 N–H and O–H groups in total. The van der Waals surface area contributed by atoms with Crippen molar-refractivity contribution >= 4 is 23.3 Å². The molecular weight excluding hydrogens is 350 g/mol. The van der Waals surface area contributed by atoms with Crippen molar-refractivity contribution in [1.82, 2.24) is 5.32 Å². The summed E-state index contributed by atoms with van der Waals surface area (Å²) < 4.78 is 0. The average molecular weight is 375 g/mol. The van der Waals surface area contributed by atoms with E-state index < -0.39 is 22.3 Å². The number of carboxylic acid groups (broad SMARTS) is 1. The molecule has 1 aliphatic heterocycles. The van der Waals surface area contributed by atoms with E-state index >= 15 is 0 Å². The van der Waals surface area contributed by atoms with Crippen molar-refractivity contribution < 1.29 is 19.6 Å². The maximum absolute atomic E-state index is 12.7. The number of anilines is 1. The number of nitrogens with zero attached hydrogens (tertiary/aromatic N) is 2. The number of hydrogen-bond acceptors (Lipinski definition) is 5. The van der Waals surface area contributed by atoms with Crippen LogP contribution in [-0.2, 0) is 4.79 Å². The molecule has 0 bridgehead atoms. The maximum Gasteiger partial charge on any atom is 0.329 e. The molecule has 3 rings (SSSR count). The maximum atomic E-state index is 12.7. The number of rotatable bonds is 5. The lowest BCUT2D eigenvalue weighted by atomic mass is 9.89. The number of nitro benzene ring substituents is 1. The molecule has 1 aromatic carbocycles. The molecule has 27 heavy (non-hydrogen) atoms. The van der Waals surface area contributed by atoms with Gasteiger partial charge in [0.2, 0.25) is 0 Å². The summed E-state index contributed by atoms with van der Waals surface area (Å²) >= 11 is 0. The second kappa shape index (κ2) is 7.94. The Morgan fingerprint density at radius 2 is 1.70 bits per heavy atom. The Morgan fingerprint density at radius 1 is 1.07 bits per heavy atom. The van der Waals surface area contributed by atoms with Gasteiger partial charge < -0.3 is 15.3 Å². The summed E-state index contributed by atoms with van der Waals surface area (Å²) in [6.07, 6.45) is 6.09. The van der Waals surface area contributed by atoms with Gasteiger partial charge in [-0.3, -0.25) is 14.9 Å².